The lowest BCUT2D eigenvalue weighted by Crippen LogP contribution is -2.40. The molecule has 2 aromatic rings. The fourth-order valence-corrected chi connectivity index (χ4v) is 3.52. The first-order valence-electron chi connectivity index (χ1n) is 9.50. The van der Waals surface area contributed by atoms with Crippen LogP contribution in [0.1, 0.15) is 29.6 Å². The number of nitrogens with zero attached hydrogens (tertiary/aromatic N) is 3. The summed E-state index contributed by atoms with van der Waals surface area (Å²) in [6.45, 7) is 4.29. The van der Waals surface area contributed by atoms with Gasteiger partial charge in [0.05, 0.1) is 5.01 Å². The number of hydrogen-bond acceptors (Lipinski definition) is 4. The zero-order valence-electron chi connectivity index (χ0n) is 17.4. The van der Waals surface area contributed by atoms with Gasteiger partial charge in [0.1, 0.15) is 0 Å². The third kappa shape index (κ3) is 9.17. The average Bonchev–Trinajstić information content (AvgIpc) is 3.17. The smallest absolute Gasteiger partial charge is 0.356 e. The standard InChI is InChI=1S/C20H28F3N5S.HI/c1-15(28(3)13-16-7-5-4-6-8-16)9-11-25-19(24-2)26-12-10-18-27-17(14-29-18)20(21,22)23;/h4-8,14-15H,9-13H2,1-3H3,(H2,24,25,26);1H. The Morgan fingerprint density at radius 2 is 1.87 bits per heavy atom. The molecule has 168 valence electrons. The zero-order valence-corrected chi connectivity index (χ0v) is 20.5. The van der Waals surface area contributed by atoms with Crippen molar-refractivity contribution < 1.29 is 13.2 Å². The van der Waals surface area contributed by atoms with Gasteiger partial charge in [0.2, 0.25) is 0 Å². The van der Waals surface area contributed by atoms with Crippen LogP contribution in [0, 0.1) is 0 Å². The van der Waals surface area contributed by atoms with Gasteiger partial charge in [0.15, 0.2) is 11.7 Å². The number of halogens is 4. The molecule has 2 N–H and O–H groups in total. The van der Waals surface area contributed by atoms with E-state index in [9.17, 15) is 13.2 Å². The summed E-state index contributed by atoms with van der Waals surface area (Å²) in [5.74, 6) is 0.635. The van der Waals surface area contributed by atoms with E-state index in [0.717, 1.165) is 36.2 Å². The molecule has 2 rings (SSSR count). The molecule has 1 aromatic heterocycles. The van der Waals surface area contributed by atoms with E-state index in [1.54, 1.807) is 7.05 Å². The number of guanidine groups is 1. The molecule has 1 aromatic carbocycles. The Morgan fingerprint density at radius 3 is 2.47 bits per heavy atom. The van der Waals surface area contributed by atoms with Crippen LogP contribution in [0.4, 0.5) is 13.2 Å². The van der Waals surface area contributed by atoms with Crippen molar-refractivity contribution in [1.82, 2.24) is 20.5 Å². The molecule has 30 heavy (non-hydrogen) atoms. The molecule has 1 atom stereocenters. The van der Waals surface area contributed by atoms with E-state index in [-0.39, 0.29) is 24.0 Å². The van der Waals surface area contributed by atoms with Crippen molar-refractivity contribution in [2.45, 2.75) is 38.5 Å². The molecule has 0 aliphatic heterocycles. The lowest BCUT2D eigenvalue weighted by molar-refractivity contribution is -0.140. The SMILES string of the molecule is CN=C(NCCc1nc(C(F)(F)F)cs1)NCCC(C)N(C)Cc1ccccc1.I. The third-order valence-corrected chi connectivity index (χ3v) is 5.49. The first kappa shape index (κ1) is 26.6. The molecule has 0 aliphatic rings. The fourth-order valence-electron chi connectivity index (χ4n) is 2.71. The van der Waals surface area contributed by atoms with E-state index in [4.69, 9.17) is 0 Å². The van der Waals surface area contributed by atoms with E-state index in [1.165, 1.54) is 5.56 Å². The molecular weight excluding hydrogens is 526 g/mol. The Bertz CT molecular complexity index is 767. The maximum absolute atomic E-state index is 12.6. The number of aromatic nitrogens is 1. The number of alkyl halides is 3. The molecule has 0 bridgehead atoms. The molecule has 0 spiro atoms. The maximum atomic E-state index is 12.6. The van der Waals surface area contributed by atoms with E-state index in [0.29, 0.717) is 30.0 Å². The quantitative estimate of drug-likeness (QED) is 0.274. The first-order chi connectivity index (χ1) is 13.8. The van der Waals surface area contributed by atoms with E-state index < -0.39 is 11.9 Å². The summed E-state index contributed by atoms with van der Waals surface area (Å²) in [4.78, 5) is 10.1. The summed E-state index contributed by atoms with van der Waals surface area (Å²) >= 11 is 1.02. The van der Waals surface area contributed by atoms with Crippen LogP contribution in [0.3, 0.4) is 0 Å². The molecule has 0 aliphatic carbocycles. The van der Waals surface area contributed by atoms with Gasteiger partial charge in [-0.2, -0.15) is 13.2 Å². The van der Waals surface area contributed by atoms with Crippen LogP contribution in [-0.4, -0.2) is 49.1 Å². The van der Waals surface area contributed by atoms with Gasteiger partial charge in [-0.25, -0.2) is 4.98 Å². The summed E-state index contributed by atoms with van der Waals surface area (Å²) < 4.78 is 37.8. The molecule has 1 heterocycles. The molecule has 0 saturated carbocycles. The van der Waals surface area contributed by atoms with Crippen molar-refractivity contribution >= 4 is 41.3 Å². The predicted molar refractivity (Wildman–Crippen MR) is 128 cm³/mol. The second-order valence-electron chi connectivity index (χ2n) is 6.84. The summed E-state index contributed by atoms with van der Waals surface area (Å²) in [6.07, 6.45) is -3.03. The minimum atomic E-state index is -4.38. The van der Waals surface area contributed by atoms with Crippen molar-refractivity contribution in [1.29, 1.82) is 0 Å². The highest BCUT2D eigenvalue weighted by Crippen LogP contribution is 2.29. The highest BCUT2D eigenvalue weighted by molar-refractivity contribution is 14.0. The number of rotatable bonds is 9. The highest BCUT2D eigenvalue weighted by Gasteiger charge is 2.33. The van der Waals surface area contributed by atoms with E-state index in [1.807, 2.05) is 18.2 Å². The van der Waals surface area contributed by atoms with Gasteiger partial charge in [-0.1, -0.05) is 30.3 Å². The average molecular weight is 555 g/mol. The van der Waals surface area contributed by atoms with Gasteiger partial charge in [-0.05, 0) is 26.0 Å². The number of aliphatic imine (C=N–C) groups is 1. The Kier molecular flexibility index (Phi) is 11.6. The van der Waals surface area contributed by atoms with Crippen LogP contribution < -0.4 is 10.6 Å². The number of benzene rings is 1. The Labute approximate surface area is 197 Å². The molecule has 10 heteroatoms. The van der Waals surface area contributed by atoms with Gasteiger partial charge in [-0.15, -0.1) is 35.3 Å². The second kappa shape index (κ2) is 13.1. The Morgan fingerprint density at radius 1 is 1.20 bits per heavy atom. The number of nitrogens with one attached hydrogen (secondary N) is 2. The van der Waals surface area contributed by atoms with Gasteiger partial charge in [-0.3, -0.25) is 9.89 Å². The lowest BCUT2D eigenvalue weighted by Gasteiger charge is -2.25. The van der Waals surface area contributed by atoms with Crippen molar-refractivity contribution in [3.8, 4) is 0 Å². The molecule has 0 radical (unpaired) electrons. The van der Waals surface area contributed by atoms with Crippen molar-refractivity contribution in [3.05, 3.63) is 52.0 Å². The molecule has 0 amide bonds. The van der Waals surface area contributed by atoms with Crippen molar-refractivity contribution in [3.63, 3.8) is 0 Å². The number of hydrogen-bond donors (Lipinski definition) is 2. The normalized spacial score (nSPS) is 13.1. The third-order valence-electron chi connectivity index (χ3n) is 4.58. The minimum Gasteiger partial charge on any atom is -0.356 e. The first-order valence-corrected chi connectivity index (χ1v) is 10.4. The van der Waals surface area contributed by atoms with Gasteiger partial charge in [0, 0.05) is 44.5 Å². The lowest BCUT2D eigenvalue weighted by atomic mass is 10.1. The summed E-state index contributed by atoms with van der Waals surface area (Å²) in [6, 6.07) is 10.7. The molecule has 5 nitrogen and oxygen atoms in total. The topological polar surface area (TPSA) is 52.6 Å². The largest absolute Gasteiger partial charge is 0.434 e. The summed E-state index contributed by atoms with van der Waals surface area (Å²) in [5.41, 5.74) is 0.455. The predicted octanol–water partition coefficient (Wildman–Crippen LogP) is 4.40. The van der Waals surface area contributed by atoms with Crippen molar-refractivity contribution in [2.24, 2.45) is 4.99 Å². The highest BCUT2D eigenvalue weighted by atomic mass is 127. The van der Waals surface area contributed by atoms with Crippen LogP contribution >= 0.6 is 35.3 Å². The Hall–Kier alpha value is -1.40. The van der Waals surface area contributed by atoms with Crippen LogP contribution in [0.2, 0.25) is 0 Å². The van der Waals surface area contributed by atoms with Gasteiger partial charge >= 0.3 is 6.18 Å². The Balaban J connectivity index is 0.00000450. The van der Waals surface area contributed by atoms with E-state index >= 15 is 0 Å². The molecular formula is C20H29F3IN5S. The fraction of sp³-hybridized carbons (Fsp3) is 0.500. The van der Waals surface area contributed by atoms with Crippen LogP contribution in [-0.2, 0) is 19.1 Å². The second-order valence-corrected chi connectivity index (χ2v) is 7.78. The summed E-state index contributed by atoms with van der Waals surface area (Å²) in [7, 11) is 3.78. The van der Waals surface area contributed by atoms with Gasteiger partial charge < -0.3 is 10.6 Å². The number of thiazole rings is 1. The van der Waals surface area contributed by atoms with E-state index in [2.05, 4.69) is 51.6 Å². The minimum absolute atomic E-state index is 0. The van der Waals surface area contributed by atoms with Crippen LogP contribution in [0.15, 0.2) is 40.7 Å². The molecule has 1 unspecified atom stereocenters. The summed E-state index contributed by atoms with van der Waals surface area (Å²) in [5, 5.41) is 7.88. The zero-order chi connectivity index (χ0) is 21.3. The molecule has 0 fully saturated rings. The molecule has 0 saturated heterocycles. The van der Waals surface area contributed by atoms with Crippen LogP contribution in [0.25, 0.3) is 0 Å². The van der Waals surface area contributed by atoms with Gasteiger partial charge in [0.25, 0.3) is 0 Å². The maximum Gasteiger partial charge on any atom is 0.434 e. The monoisotopic (exact) mass is 555 g/mol. The van der Waals surface area contributed by atoms with Crippen LogP contribution in [0.5, 0.6) is 0 Å². The van der Waals surface area contributed by atoms with Crippen molar-refractivity contribution in [2.75, 3.05) is 27.2 Å².